The molecule has 0 atom stereocenters. The number of nitrogens with zero attached hydrogens (tertiary/aromatic N) is 1. The molecule has 0 unspecified atom stereocenters. The van der Waals surface area contributed by atoms with Crippen molar-refractivity contribution in [2.24, 2.45) is 4.99 Å². The van der Waals surface area contributed by atoms with E-state index in [2.05, 4.69) is 15.0 Å². The molecule has 8 heteroatoms. The maximum atomic E-state index is 12.3. The summed E-state index contributed by atoms with van der Waals surface area (Å²) in [5.74, 6) is 0.860. The van der Waals surface area contributed by atoms with Crippen molar-refractivity contribution < 1.29 is 17.9 Å². The van der Waals surface area contributed by atoms with Crippen molar-refractivity contribution in [3.8, 4) is 5.75 Å². The maximum Gasteiger partial charge on any atom is 0.262 e. The summed E-state index contributed by atoms with van der Waals surface area (Å²) in [7, 11) is -2.10. The number of aliphatic imine (C=N–C) groups is 1. The van der Waals surface area contributed by atoms with Crippen molar-refractivity contribution in [3.63, 3.8) is 0 Å². The van der Waals surface area contributed by atoms with Gasteiger partial charge in [-0.3, -0.25) is 14.5 Å². The van der Waals surface area contributed by atoms with Crippen LogP contribution < -0.4 is 14.8 Å². The van der Waals surface area contributed by atoms with Crippen LogP contribution in [0.2, 0.25) is 0 Å². The lowest BCUT2D eigenvalue weighted by molar-refractivity contribution is 0.102. The summed E-state index contributed by atoms with van der Waals surface area (Å²) in [5, 5.41) is 2.73. The van der Waals surface area contributed by atoms with Gasteiger partial charge in [0.25, 0.3) is 15.9 Å². The highest BCUT2D eigenvalue weighted by atomic mass is 32.2. The maximum absolute atomic E-state index is 12.3. The number of ether oxygens (including phenoxy) is 1. The summed E-state index contributed by atoms with van der Waals surface area (Å²) in [6.07, 6.45) is 1.49. The Morgan fingerprint density at radius 3 is 2.35 bits per heavy atom. The molecule has 0 aromatic heterocycles. The fourth-order valence-electron chi connectivity index (χ4n) is 2.50. The number of hydrogen-bond acceptors (Lipinski definition) is 5. The summed E-state index contributed by atoms with van der Waals surface area (Å²) in [6, 6.07) is 12.7. The van der Waals surface area contributed by atoms with Crippen LogP contribution in [0, 0.1) is 0 Å². The van der Waals surface area contributed by atoms with Crippen LogP contribution >= 0.6 is 0 Å². The minimum absolute atomic E-state index is 0.120. The summed E-state index contributed by atoms with van der Waals surface area (Å²) >= 11 is 0. The van der Waals surface area contributed by atoms with Crippen LogP contribution in [0.25, 0.3) is 0 Å². The fourth-order valence-corrected chi connectivity index (χ4v) is 3.59. The molecular weight excluding hydrogens is 354 g/mol. The Balaban J connectivity index is 1.67. The number of carbonyl (C=O) groups excluding carboxylic acids is 1. The zero-order chi connectivity index (χ0) is 18.6. The van der Waals surface area contributed by atoms with Crippen LogP contribution in [0.5, 0.6) is 5.75 Å². The van der Waals surface area contributed by atoms with Crippen LogP contribution in [-0.2, 0) is 10.0 Å². The monoisotopic (exact) mass is 373 g/mol. The van der Waals surface area contributed by atoms with E-state index in [1.165, 1.54) is 12.1 Å². The van der Waals surface area contributed by atoms with Crippen LogP contribution in [-0.4, -0.2) is 33.8 Å². The van der Waals surface area contributed by atoms with Gasteiger partial charge in [-0.15, -0.1) is 0 Å². The van der Waals surface area contributed by atoms with Crippen LogP contribution in [0.4, 0.5) is 5.69 Å². The Labute approximate surface area is 152 Å². The molecule has 136 valence electrons. The van der Waals surface area contributed by atoms with Crippen molar-refractivity contribution in [1.29, 1.82) is 0 Å². The number of amidine groups is 1. The second-order valence-corrected chi connectivity index (χ2v) is 7.43. The SMILES string of the molecule is COc1ccc(C(=O)Nc2ccc(S(=O)(=O)NC3=NCCC3)cc2)cc1. The van der Waals surface area contributed by atoms with Gasteiger partial charge in [0.15, 0.2) is 0 Å². The van der Waals surface area contributed by atoms with Gasteiger partial charge in [-0.05, 0) is 55.0 Å². The number of anilines is 1. The molecule has 26 heavy (non-hydrogen) atoms. The number of rotatable bonds is 5. The molecule has 1 heterocycles. The Hall–Kier alpha value is -2.87. The first-order valence-electron chi connectivity index (χ1n) is 8.09. The van der Waals surface area contributed by atoms with Gasteiger partial charge in [-0.1, -0.05) is 0 Å². The molecule has 1 aliphatic heterocycles. The summed E-state index contributed by atoms with van der Waals surface area (Å²) < 4.78 is 32.2. The van der Waals surface area contributed by atoms with E-state index in [1.54, 1.807) is 43.5 Å². The molecule has 1 aliphatic rings. The predicted octanol–water partition coefficient (Wildman–Crippen LogP) is 2.42. The molecule has 2 N–H and O–H groups in total. The zero-order valence-electron chi connectivity index (χ0n) is 14.2. The largest absolute Gasteiger partial charge is 0.497 e. The smallest absolute Gasteiger partial charge is 0.262 e. The lowest BCUT2D eigenvalue weighted by atomic mass is 10.2. The highest BCUT2D eigenvalue weighted by Gasteiger charge is 2.18. The molecule has 0 radical (unpaired) electrons. The van der Waals surface area contributed by atoms with Gasteiger partial charge in [0.2, 0.25) is 0 Å². The summed E-state index contributed by atoms with van der Waals surface area (Å²) in [6.45, 7) is 0.647. The second-order valence-electron chi connectivity index (χ2n) is 5.74. The third kappa shape index (κ3) is 4.20. The Morgan fingerprint density at radius 2 is 1.77 bits per heavy atom. The van der Waals surface area contributed by atoms with Gasteiger partial charge >= 0.3 is 0 Å². The number of carbonyl (C=O) groups is 1. The molecule has 0 saturated heterocycles. The highest BCUT2D eigenvalue weighted by Crippen LogP contribution is 2.17. The molecule has 2 aromatic carbocycles. The molecular formula is C18H19N3O4S. The normalized spacial score (nSPS) is 13.8. The molecule has 0 bridgehead atoms. The van der Waals surface area contributed by atoms with E-state index in [-0.39, 0.29) is 10.8 Å². The van der Waals surface area contributed by atoms with E-state index in [4.69, 9.17) is 4.74 Å². The van der Waals surface area contributed by atoms with Crippen LogP contribution in [0.1, 0.15) is 23.2 Å². The van der Waals surface area contributed by atoms with Crippen LogP contribution in [0.3, 0.4) is 0 Å². The number of nitrogens with one attached hydrogen (secondary N) is 2. The van der Waals surface area contributed by atoms with Crippen molar-refractivity contribution in [2.45, 2.75) is 17.7 Å². The molecule has 0 aliphatic carbocycles. The quantitative estimate of drug-likeness (QED) is 0.841. The van der Waals surface area contributed by atoms with Gasteiger partial charge in [0, 0.05) is 24.2 Å². The number of methoxy groups -OCH3 is 1. The predicted molar refractivity (Wildman–Crippen MR) is 99.2 cm³/mol. The van der Waals surface area contributed by atoms with Crippen molar-refractivity contribution >= 4 is 27.5 Å². The summed E-state index contributed by atoms with van der Waals surface area (Å²) in [4.78, 5) is 16.5. The average Bonchev–Trinajstić information content (AvgIpc) is 3.14. The van der Waals surface area contributed by atoms with Crippen molar-refractivity contribution in [3.05, 3.63) is 54.1 Å². The van der Waals surface area contributed by atoms with E-state index in [0.717, 1.165) is 6.42 Å². The molecule has 1 amide bonds. The van der Waals surface area contributed by atoms with Gasteiger partial charge < -0.3 is 10.1 Å². The van der Waals surface area contributed by atoms with Gasteiger partial charge in [0.1, 0.15) is 11.6 Å². The molecule has 0 spiro atoms. The molecule has 2 aromatic rings. The van der Waals surface area contributed by atoms with E-state index in [1.807, 2.05) is 0 Å². The third-order valence-electron chi connectivity index (χ3n) is 3.90. The zero-order valence-corrected chi connectivity index (χ0v) is 15.0. The fraction of sp³-hybridized carbons (Fsp3) is 0.222. The van der Waals surface area contributed by atoms with Crippen LogP contribution in [0.15, 0.2) is 58.4 Å². The van der Waals surface area contributed by atoms with E-state index < -0.39 is 10.0 Å². The first-order valence-corrected chi connectivity index (χ1v) is 9.58. The third-order valence-corrected chi connectivity index (χ3v) is 5.30. The Kier molecular flexibility index (Phi) is 5.22. The number of benzene rings is 2. The first-order chi connectivity index (χ1) is 12.5. The molecule has 3 rings (SSSR count). The van der Waals surface area contributed by atoms with Gasteiger partial charge in [-0.2, -0.15) is 0 Å². The average molecular weight is 373 g/mol. The standard InChI is InChI=1S/C18H19N3O4S/c1-25-15-8-4-13(5-9-15)18(22)20-14-6-10-16(11-7-14)26(23,24)21-17-3-2-12-19-17/h4-11H,2-3,12H2,1H3,(H,19,21)(H,20,22). The second kappa shape index (κ2) is 7.57. The minimum atomic E-state index is -3.66. The van der Waals surface area contributed by atoms with E-state index in [9.17, 15) is 13.2 Å². The van der Waals surface area contributed by atoms with Gasteiger partial charge in [0.05, 0.1) is 12.0 Å². The van der Waals surface area contributed by atoms with E-state index >= 15 is 0 Å². The summed E-state index contributed by atoms with van der Waals surface area (Å²) in [5.41, 5.74) is 0.978. The Bertz CT molecular complexity index is 920. The Morgan fingerprint density at radius 1 is 1.08 bits per heavy atom. The lowest BCUT2D eigenvalue weighted by Crippen LogP contribution is -2.29. The highest BCUT2D eigenvalue weighted by molar-refractivity contribution is 7.90. The molecule has 0 fully saturated rings. The number of sulfonamides is 1. The van der Waals surface area contributed by atoms with E-state index in [0.29, 0.717) is 35.8 Å². The topological polar surface area (TPSA) is 96.9 Å². The van der Waals surface area contributed by atoms with Gasteiger partial charge in [-0.25, -0.2) is 8.42 Å². The van der Waals surface area contributed by atoms with Crippen molar-refractivity contribution in [1.82, 2.24) is 4.72 Å². The molecule has 0 saturated carbocycles. The number of hydrogen-bond donors (Lipinski definition) is 2. The number of amides is 1. The van der Waals surface area contributed by atoms with Crippen molar-refractivity contribution in [2.75, 3.05) is 19.0 Å². The first kappa shape index (κ1) is 17.9. The lowest BCUT2D eigenvalue weighted by Gasteiger charge is -2.09. The minimum Gasteiger partial charge on any atom is -0.497 e. The molecule has 7 nitrogen and oxygen atoms in total.